The second-order valence-electron chi connectivity index (χ2n) is 4.28. The van der Waals surface area contributed by atoms with Gasteiger partial charge in [0, 0.05) is 13.1 Å². The molecule has 82 valence electrons. The number of nitrogens with zero attached hydrogens (tertiary/aromatic N) is 1. The molecule has 0 spiro atoms. The Morgan fingerprint density at radius 1 is 1.07 bits per heavy atom. The summed E-state index contributed by atoms with van der Waals surface area (Å²) in [6.07, 6.45) is 3.85. The Labute approximate surface area is 91.1 Å². The smallest absolute Gasteiger partial charge is 0.0788 e. The molecule has 1 aromatic carbocycles. The number of benzene rings is 1. The normalized spacial score (nSPS) is 16.7. The van der Waals surface area contributed by atoms with Crippen LogP contribution in [0.1, 0.15) is 24.8 Å². The van der Waals surface area contributed by atoms with Crippen LogP contribution in [0.4, 0.5) is 17.1 Å². The van der Waals surface area contributed by atoms with Crippen LogP contribution in [-0.4, -0.2) is 13.1 Å². The molecule has 2 rings (SSSR count). The van der Waals surface area contributed by atoms with Crippen molar-refractivity contribution in [1.29, 1.82) is 0 Å². The molecule has 1 aliphatic rings. The summed E-state index contributed by atoms with van der Waals surface area (Å²) < 4.78 is 0. The second kappa shape index (κ2) is 4.01. The molecule has 1 aliphatic heterocycles. The summed E-state index contributed by atoms with van der Waals surface area (Å²) in [4.78, 5) is 2.37. The molecule has 0 radical (unpaired) electrons. The fraction of sp³-hybridized carbons (Fsp3) is 0.500. The van der Waals surface area contributed by atoms with E-state index in [9.17, 15) is 0 Å². The Kier molecular flexibility index (Phi) is 2.71. The van der Waals surface area contributed by atoms with E-state index < -0.39 is 0 Å². The molecule has 1 aromatic rings. The summed E-state index contributed by atoms with van der Waals surface area (Å²) in [5, 5.41) is 0. The zero-order valence-electron chi connectivity index (χ0n) is 9.29. The average molecular weight is 205 g/mol. The van der Waals surface area contributed by atoms with Crippen molar-refractivity contribution < 1.29 is 0 Å². The minimum atomic E-state index is 0.696. The van der Waals surface area contributed by atoms with Gasteiger partial charge in [-0.3, -0.25) is 0 Å². The van der Waals surface area contributed by atoms with Crippen molar-refractivity contribution in [3.8, 4) is 0 Å². The van der Waals surface area contributed by atoms with Crippen molar-refractivity contribution in [2.75, 3.05) is 29.5 Å². The van der Waals surface area contributed by atoms with E-state index in [1.807, 2.05) is 6.07 Å². The van der Waals surface area contributed by atoms with Gasteiger partial charge in [-0.25, -0.2) is 0 Å². The molecule has 15 heavy (non-hydrogen) atoms. The van der Waals surface area contributed by atoms with Gasteiger partial charge in [0.15, 0.2) is 0 Å². The number of rotatable bonds is 1. The highest BCUT2D eigenvalue weighted by atomic mass is 15.1. The van der Waals surface area contributed by atoms with E-state index in [0.29, 0.717) is 5.69 Å². The third-order valence-corrected chi connectivity index (χ3v) is 3.12. The van der Waals surface area contributed by atoms with Crippen LogP contribution in [0.2, 0.25) is 0 Å². The summed E-state index contributed by atoms with van der Waals surface area (Å²) in [6, 6.07) is 3.94. The van der Waals surface area contributed by atoms with E-state index in [4.69, 9.17) is 11.5 Å². The molecule has 0 aromatic heterocycles. The largest absolute Gasteiger partial charge is 0.397 e. The molecule has 3 heteroatoms. The third-order valence-electron chi connectivity index (χ3n) is 3.12. The standard InChI is InChI=1S/C12H19N3/c1-9-5-6-10(13)11(14)12(9)15-7-3-2-4-8-15/h5-6H,2-4,7-8,13-14H2,1H3. The first-order chi connectivity index (χ1) is 7.20. The molecule has 1 fully saturated rings. The SMILES string of the molecule is Cc1ccc(N)c(N)c1N1CCCCC1. The highest BCUT2D eigenvalue weighted by Gasteiger charge is 2.16. The molecule has 1 saturated heterocycles. The molecule has 0 bridgehead atoms. The van der Waals surface area contributed by atoms with E-state index in [0.717, 1.165) is 24.5 Å². The maximum atomic E-state index is 6.05. The van der Waals surface area contributed by atoms with Crippen LogP contribution in [0.5, 0.6) is 0 Å². The molecule has 4 N–H and O–H groups in total. The van der Waals surface area contributed by atoms with Gasteiger partial charge < -0.3 is 16.4 Å². The zero-order valence-corrected chi connectivity index (χ0v) is 9.29. The second-order valence-corrected chi connectivity index (χ2v) is 4.28. The van der Waals surface area contributed by atoms with Gasteiger partial charge in [0.25, 0.3) is 0 Å². The van der Waals surface area contributed by atoms with Crippen molar-refractivity contribution in [2.45, 2.75) is 26.2 Å². The topological polar surface area (TPSA) is 55.3 Å². The minimum Gasteiger partial charge on any atom is -0.397 e. The molecule has 0 saturated carbocycles. The van der Waals surface area contributed by atoms with Crippen LogP contribution in [-0.2, 0) is 0 Å². The van der Waals surface area contributed by atoms with E-state index in [1.54, 1.807) is 0 Å². The van der Waals surface area contributed by atoms with Gasteiger partial charge in [-0.15, -0.1) is 0 Å². The van der Waals surface area contributed by atoms with Gasteiger partial charge in [-0.1, -0.05) is 6.07 Å². The predicted octanol–water partition coefficient (Wildman–Crippen LogP) is 2.15. The Morgan fingerprint density at radius 2 is 1.73 bits per heavy atom. The fourth-order valence-electron chi connectivity index (χ4n) is 2.27. The lowest BCUT2D eigenvalue weighted by Crippen LogP contribution is -2.30. The van der Waals surface area contributed by atoms with Crippen molar-refractivity contribution in [3.05, 3.63) is 17.7 Å². The number of nitrogens with two attached hydrogens (primary N) is 2. The van der Waals surface area contributed by atoms with Gasteiger partial charge in [-0.05, 0) is 37.8 Å². The Bertz CT molecular complexity index is 354. The van der Waals surface area contributed by atoms with Gasteiger partial charge in [0.05, 0.1) is 17.1 Å². The highest BCUT2D eigenvalue weighted by molar-refractivity contribution is 5.82. The Balaban J connectivity index is 2.36. The Hall–Kier alpha value is -1.38. The van der Waals surface area contributed by atoms with Gasteiger partial charge in [0.1, 0.15) is 0 Å². The molecular formula is C12H19N3. The highest BCUT2D eigenvalue weighted by Crippen LogP contribution is 2.33. The summed E-state index contributed by atoms with van der Waals surface area (Å²) in [7, 11) is 0. The molecule has 0 amide bonds. The summed E-state index contributed by atoms with van der Waals surface area (Å²) in [6.45, 7) is 4.31. The maximum Gasteiger partial charge on any atom is 0.0788 e. The first-order valence-corrected chi connectivity index (χ1v) is 5.59. The lowest BCUT2D eigenvalue weighted by Gasteiger charge is -2.31. The monoisotopic (exact) mass is 205 g/mol. The summed E-state index contributed by atoms with van der Waals surface area (Å²) in [5.74, 6) is 0. The van der Waals surface area contributed by atoms with Gasteiger partial charge in [0.2, 0.25) is 0 Å². The van der Waals surface area contributed by atoms with Crippen LogP contribution in [0.25, 0.3) is 0 Å². The molecule has 3 nitrogen and oxygen atoms in total. The molecule has 0 atom stereocenters. The van der Waals surface area contributed by atoms with E-state index >= 15 is 0 Å². The Morgan fingerprint density at radius 3 is 2.40 bits per heavy atom. The van der Waals surface area contributed by atoms with Crippen molar-refractivity contribution in [3.63, 3.8) is 0 Å². The number of aryl methyl sites for hydroxylation is 1. The summed E-state index contributed by atoms with van der Waals surface area (Å²) >= 11 is 0. The minimum absolute atomic E-state index is 0.696. The van der Waals surface area contributed by atoms with Gasteiger partial charge in [-0.2, -0.15) is 0 Å². The first-order valence-electron chi connectivity index (χ1n) is 5.59. The van der Waals surface area contributed by atoms with Crippen molar-refractivity contribution in [1.82, 2.24) is 0 Å². The zero-order chi connectivity index (χ0) is 10.8. The van der Waals surface area contributed by atoms with E-state index in [2.05, 4.69) is 17.9 Å². The first kappa shape index (κ1) is 10.1. The molecule has 0 aliphatic carbocycles. The lowest BCUT2D eigenvalue weighted by molar-refractivity contribution is 0.577. The fourth-order valence-corrected chi connectivity index (χ4v) is 2.27. The number of hydrogen-bond donors (Lipinski definition) is 2. The van der Waals surface area contributed by atoms with Crippen LogP contribution in [0.15, 0.2) is 12.1 Å². The number of nitrogen functional groups attached to an aromatic ring is 2. The van der Waals surface area contributed by atoms with E-state index in [-0.39, 0.29) is 0 Å². The van der Waals surface area contributed by atoms with Crippen molar-refractivity contribution in [2.24, 2.45) is 0 Å². The van der Waals surface area contributed by atoms with E-state index in [1.165, 1.54) is 24.8 Å². The number of piperidine rings is 1. The molecule has 0 unspecified atom stereocenters. The predicted molar refractivity (Wildman–Crippen MR) is 66.1 cm³/mol. The van der Waals surface area contributed by atoms with Crippen LogP contribution in [0.3, 0.4) is 0 Å². The van der Waals surface area contributed by atoms with Crippen LogP contribution in [0, 0.1) is 6.92 Å². The maximum absolute atomic E-state index is 6.05. The quantitative estimate of drug-likeness (QED) is 0.691. The van der Waals surface area contributed by atoms with Crippen LogP contribution < -0.4 is 16.4 Å². The summed E-state index contributed by atoms with van der Waals surface area (Å²) in [5.41, 5.74) is 15.7. The molecule has 1 heterocycles. The average Bonchev–Trinajstić information content (AvgIpc) is 2.26. The van der Waals surface area contributed by atoms with Crippen LogP contribution >= 0.6 is 0 Å². The molecular weight excluding hydrogens is 186 g/mol. The number of anilines is 3. The van der Waals surface area contributed by atoms with Gasteiger partial charge >= 0.3 is 0 Å². The number of hydrogen-bond acceptors (Lipinski definition) is 3. The van der Waals surface area contributed by atoms with Crippen molar-refractivity contribution >= 4 is 17.1 Å². The lowest BCUT2D eigenvalue weighted by atomic mass is 10.1. The third kappa shape index (κ3) is 1.87.